The van der Waals surface area contributed by atoms with Crippen molar-refractivity contribution in [1.82, 2.24) is 0 Å². The fourth-order valence-corrected chi connectivity index (χ4v) is 1.12. The predicted molar refractivity (Wildman–Crippen MR) is 45.0 cm³/mol. The molecule has 0 bridgehead atoms. The second-order valence-corrected chi connectivity index (χ2v) is 3.20. The molecule has 3 N–H and O–H groups in total. The number of aliphatic hydroxyl groups is 1. The van der Waals surface area contributed by atoms with Gasteiger partial charge in [-0.05, 0) is 28.4 Å². The Labute approximate surface area is 73.3 Å². The topological polar surface area (TPSA) is 59.4 Å². The van der Waals surface area contributed by atoms with Crippen LogP contribution in [0.5, 0.6) is 0 Å². The minimum atomic E-state index is -0.203. The van der Waals surface area contributed by atoms with Gasteiger partial charge in [-0.15, -0.1) is 0 Å². The molecule has 11 heavy (non-hydrogen) atoms. The molecule has 1 aromatic rings. The molecule has 4 heteroatoms. The molecule has 1 rings (SSSR count). The van der Waals surface area contributed by atoms with E-state index in [0.29, 0.717) is 12.2 Å². The highest BCUT2D eigenvalue weighted by molar-refractivity contribution is 9.10. The number of nitrogens with two attached hydrogens (primary N) is 1. The standard InChI is InChI=1S/C7H10BrNO2/c8-5-3-7(11-4-5)6(9)1-2-10/h3-4,6,10H,1-2,9H2. The van der Waals surface area contributed by atoms with Crippen LogP contribution in [-0.4, -0.2) is 11.7 Å². The largest absolute Gasteiger partial charge is 0.466 e. The fourth-order valence-electron chi connectivity index (χ4n) is 0.804. The first-order valence-corrected chi connectivity index (χ1v) is 4.13. The van der Waals surface area contributed by atoms with E-state index in [1.165, 1.54) is 0 Å². The third kappa shape index (κ3) is 2.32. The van der Waals surface area contributed by atoms with Crippen LogP contribution in [0.1, 0.15) is 18.2 Å². The minimum Gasteiger partial charge on any atom is -0.466 e. The lowest BCUT2D eigenvalue weighted by atomic mass is 10.2. The molecule has 1 atom stereocenters. The SMILES string of the molecule is NC(CCO)c1cc(Br)co1. The molecular formula is C7H10BrNO2. The van der Waals surface area contributed by atoms with E-state index in [9.17, 15) is 0 Å². The van der Waals surface area contributed by atoms with E-state index in [-0.39, 0.29) is 12.6 Å². The molecule has 1 heterocycles. The van der Waals surface area contributed by atoms with Gasteiger partial charge < -0.3 is 15.3 Å². The summed E-state index contributed by atoms with van der Waals surface area (Å²) in [5.41, 5.74) is 5.64. The molecule has 0 radical (unpaired) electrons. The molecule has 0 aliphatic heterocycles. The molecule has 62 valence electrons. The summed E-state index contributed by atoms with van der Waals surface area (Å²) < 4.78 is 5.97. The van der Waals surface area contributed by atoms with Crippen molar-refractivity contribution in [2.45, 2.75) is 12.5 Å². The molecule has 0 saturated heterocycles. The number of rotatable bonds is 3. The number of halogens is 1. The van der Waals surface area contributed by atoms with Crippen molar-refractivity contribution in [1.29, 1.82) is 0 Å². The van der Waals surface area contributed by atoms with Crippen molar-refractivity contribution in [2.24, 2.45) is 5.73 Å². The number of hydrogen-bond acceptors (Lipinski definition) is 3. The fraction of sp³-hybridized carbons (Fsp3) is 0.429. The summed E-state index contributed by atoms with van der Waals surface area (Å²) in [6.07, 6.45) is 2.10. The Balaban J connectivity index is 2.60. The van der Waals surface area contributed by atoms with Crippen LogP contribution < -0.4 is 5.73 Å². The van der Waals surface area contributed by atoms with Crippen molar-refractivity contribution in [3.63, 3.8) is 0 Å². The first kappa shape index (κ1) is 8.77. The van der Waals surface area contributed by atoms with Crippen molar-refractivity contribution in [3.05, 3.63) is 22.6 Å². The van der Waals surface area contributed by atoms with E-state index >= 15 is 0 Å². The lowest BCUT2D eigenvalue weighted by molar-refractivity contribution is 0.268. The van der Waals surface area contributed by atoms with Crippen LogP contribution in [0.4, 0.5) is 0 Å². The first-order chi connectivity index (χ1) is 5.24. The number of aliphatic hydroxyl groups excluding tert-OH is 1. The summed E-state index contributed by atoms with van der Waals surface area (Å²) >= 11 is 3.24. The van der Waals surface area contributed by atoms with Crippen LogP contribution in [0.2, 0.25) is 0 Å². The molecular weight excluding hydrogens is 210 g/mol. The second kappa shape index (κ2) is 3.90. The van der Waals surface area contributed by atoms with Crippen molar-refractivity contribution in [2.75, 3.05) is 6.61 Å². The Morgan fingerprint density at radius 1 is 1.73 bits per heavy atom. The maximum atomic E-state index is 8.57. The van der Waals surface area contributed by atoms with E-state index in [4.69, 9.17) is 15.3 Å². The van der Waals surface area contributed by atoms with Crippen LogP contribution in [0.15, 0.2) is 21.2 Å². The number of hydrogen-bond donors (Lipinski definition) is 2. The smallest absolute Gasteiger partial charge is 0.121 e. The zero-order chi connectivity index (χ0) is 8.27. The van der Waals surface area contributed by atoms with Crippen LogP contribution in [-0.2, 0) is 0 Å². The molecule has 0 spiro atoms. The van der Waals surface area contributed by atoms with Gasteiger partial charge >= 0.3 is 0 Å². The van der Waals surface area contributed by atoms with Gasteiger partial charge in [0.2, 0.25) is 0 Å². The third-order valence-electron chi connectivity index (χ3n) is 1.39. The summed E-state index contributed by atoms with van der Waals surface area (Å²) in [5.74, 6) is 0.700. The van der Waals surface area contributed by atoms with E-state index in [0.717, 1.165) is 4.47 Å². The van der Waals surface area contributed by atoms with Gasteiger partial charge in [-0.2, -0.15) is 0 Å². The summed E-state index contributed by atoms with van der Waals surface area (Å²) in [6, 6.07) is 1.60. The summed E-state index contributed by atoms with van der Waals surface area (Å²) in [7, 11) is 0. The molecule has 3 nitrogen and oxygen atoms in total. The Morgan fingerprint density at radius 3 is 2.91 bits per heavy atom. The van der Waals surface area contributed by atoms with Gasteiger partial charge in [0, 0.05) is 6.61 Å². The van der Waals surface area contributed by atoms with E-state index in [1.807, 2.05) is 0 Å². The lowest BCUT2D eigenvalue weighted by Crippen LogP contribution is -2.10. The van der Waals surface area contributed by atoms with Crippen LogP contribution in [0.25, 0.3) is 0 Å². The van der Waals surface area contributed by atoms with Crippen molar-refractivity contribution in [3.8, 4) is 0 Å². The third-order valence-corrected chi connectivity index (χ3v) is 1.81. The predicted octanol–water partition coefficient (Wildman–Crippen LogP) is 1.42. The summed E-state index contributed by atoms with van der Waals surface area (Å²) in [4.78, 5) is 0. The molecule has 0 aliphatic rings. The monoisotopic (exact) mass is 219 g/mol. The average molecular weight is 220 g/mol. The van der Waals surface area contributed by atoms with Gasteiger partial charge in [-0.1, -0.05) is 0 Å². The molecule has 0 saturated carbocycles. The van der Waals surface area contributed by atoms with Crippen molar-refractivity contribution < 1.29 is 9.52 Å². The number of furan rings is 1. The average Bonchev–Trinajstić information content (AvgIpc) is 2.36. The lowest BCUT2D eigenvalue weighted by Gasteiger charge is -2.04. The normalized spacial score (nSPS) is 13.4. The molecule has 0 amide bonds. The Bertz CT molecular complexity index is 224. The first-order valence-electron chi connectivity index (χ1n) is 3.34. The maximum Gasteiger partial charge on any atom is 0.121 e. The van der Waals surface area contributed by atoms with E-state index < -0.39 is 0 Å². The van der Waals surface area contributed by atoms with Gasteiger partial charge in [0.15, 0.2) is 0 Å². The van der Waals surface area contributed by atoms with Gasteiger partial charge in [0.25, 0.3) is 0 Å². The van der Waals surface area contributed by atoms with E-state index in [1.54, 1.807) is 12.3 Å². The van der Waals surface area contributed by atoms with Gasteiger partial charge in [-0.25, -0.2) is 0 Å². The highest BCUT2D eigenvalue weighted by Gasteiger charge is 2.08. The van der Waals surface area contributed by atoms with Gasteiger partial charge in [-0.3, -0.25) is 0 Å². The zero-order valence-electron chi connectivity index (χ0n) is 5.96. The summed E-state index contributed by atoms with van der Waals surface area (Å²) in [5, 5.41) is 8.57. The Morgan fingerprint density at radius 2 is 2.45 bits per heavy atom. The van der Waals surface area contributed by atoms with Crippen molar-refractivity contribution >= 4 is 15.9 Å². The maximum absolute atomic E-state index is 8.57. The molecule has 0 aliphatic carbocycles. The van der Waals surface area contributed by atoms with Gasteiger partial charge in [0.1, 0.15) is 12.0 Å². The molecule has 1 unspecified atom stereocenters. The van der Waals surface area contributed by atoms with Crippen LogP contribution in [0, 0.1) is 0 Å². The Hall–Kier alpha value is -0.320. The second-order valence-electron chi connectivity index (χ2n) is 2.29. The molecule has 0 aromatic carbocycles. The van der Waals surface area contributed by atoms with Crippen LogP contribution >= 0.6 is 15.9 Å². The molecule has 1 aromatic heterocycles. The van der Waals surface area contributed by atoms with Gasteiger partial charge in [0.05, 0.1) is 10.5 Å². The Kier molecular flexibility index (Phi) is 3.11. The van der Waals surface area contributed by atoms with E-state index in [2.05, 4.69) is 15.9 Å². The highest BCUT2D eigenvalue weighted by Crippen LogP contribution is 2.20. The van der Waals surface area contributed by atoms with Crippen LogP contribution in [0.3, 0.4) is 0 Å². The molecule has 0 fully saturated rings. The zero-order valence-corrected chi connectivity index (χ0v) is 7.54. The minimum absolute atomic E-state index is 0.0828. The highest BCUT2D eigenvalue weighted by atomic mass is 79.9. The quantitative estimate of drug-likeness (QED) is 0.809. The summed E-state index contributed by atoms with van der Waals surface area (Å²) in [6.45, 7) is 0.0828.